The number of nitrogens with zero attached hydrogens (tertiary/aromatic N) is 2. The van der Waals surface area contributed by atoms with Gasteiger partial charge in [0.25, 0.3) is 0 Å². The number of carbonyl (C=O) groups excluding carboxylic acids is 2. The second-order valence-corrected chi connectivity index (χ2v) is 5.20. The van der Waals surface area contributed by atoms with Gasteiger partial charge in [-0.2, -0.15) is 0 Å². The molecule has 0 bridgehead atoms. The van der Waals surface area contributed by atoms with Crippen molar-refractivity contribution in [1.29, 1.82) is 0 Å². The standard InChI is InChI=1S/C13H24N4O2/c18-12(13(19)17-7-2-1-3-8-17)15-6-11-16-9-4-14-5-10-16/h14H,1-11H2,(H,15,18). The van der Waals surface area contributed by atoms with Crippen molar-refractivity contribution in [2.45, 2.75) is 19.3 Å². The number of likely N-dealkylation sites (tertiary alicyclic amines) is 1. The molecule has 2 aliphatic heterocycles. The van der Waals surface area contributed by atoms with Crippen LogP contribution in [-0.4, -0.2) is 74.0 Å². The lowest BCUT2D eigenvalue weighted by atomic mass is 10.1. The number of hydrogen-bond donors (Lipinski definition) is 2. The minimum absolute atomic E-state index is 0.361. The Morgan fingerprint density at radius 1 is 1.00 bits per heavy atom. The van der Waals surface area contributed by atoms with E-state index >= 15 is 0 Å². The monoisotopic (exact) mass is 268 g/mol. The van der Waals surface area contributed by atoms with Crippen LogP contribution in [-0.2, 0) is 9.59 Å². The molecule has 0 aliphatic carbocycles. The Morgan fingerprint density at radius 2 is 1.68 bits per heavy atom. The van der Waals surface area contributed by atoms with Gasteiger partial charge in [0, 0.05) is 52.4 Å². The molecule has 2 fully saturated rings. The highest BCUT2D eigenvalue weighted by atomic mass is 16.2. The zero-order valence-electron chi connectivity index (χ0n) is 11.5. The van der Waals surface area contributed by atoms with Crippen LogP contribution in [0.5, 0.6) is 0 Å². The first kappa shape index (κ1) is 14.3. The molecule has 0 saturated carbocycles. The van der Waals surface area contributed by atoms with Crippen LogP contribution >= 0.6 is 0 Å². The molecular weight excluding hydrogens is 244 g/mol. The highest BCUT2D eigenvalue weighted by molar-refractivity contribution is 6.35. The van der Waals surface area contributed by atoms with Gasteiger partial charge in [0.1, 0.15) is 0 Å². The molecule has 2 aliphatic rings. The predicted molar refractivity (Wildman–Crippen MR) is 72.8 cm³/mol. The van der Waals surface area contributed by atoms with Gasteiger partial charge >= 0.3 is 11.8 Å². The third kappa shape index (κ3) is 4.47. The quantitative estimate of drug-likeness (QED) is 0.646. The molecule has 0 unspecified atom stereocenters. The van der Waals surface area contributed by atoms with Gasteiger partial charge in [0.15, 0.2) is 0 Å². The van der Waals surface area contributed by atoms with E-state index in [2.05, 4.69) is 15.5 Å². The molecule has 0 spiro atoms. The van der Waals surface area contributed by atoms with E-state index in [1.807, 2.05) is 0 Å². The first-order valence-electron chi connectivity index (χ1n) is 7.27. The number of hydrogen-bond acceptors (Lipinski definition) is 4. The third-order valence-electron chi connectivity index (χ3n) is 3.76. The van der Waals surface area contributed by atoms with Crippen molar-refractivity contribution in [3.8, 4) is 0 Å². The van der Waals surface area contributed by atoms with Gasteiger partial charge in [0.05, 0.1) is 0 Å². The Hall–Kier alpha value is -1.14. The first-order valence-corrected chi connectivity index (χ1v) is 7.27. The van der Waals surface area contributed by atoms with Gasteiger partial charge in [0.2, 0.25) is 0 Å². The van der Waals surface area contributed by atoms with E-state index < -0.39 is 5.91 Å². The summed E-state index contributed by atoms with van der Waals surface area (Å²) in [6, 6.07) is 0. The van der Waals surface area contributed by atoms with E-state index in [0.717, 1.165) is 65.1 Å². The van der Waals surface area contributed by atoms with Gasteiger partial charge in [-0.05, 0) is 19.3 Å². The zero-order valence-corrected chi connectivity index (χ0v) is 11.5. The van der Waals surface area contributed by atoms with E-state index in [4.69, 9.17) is 0 Å². The lowest BCUT2D eigenvalue weighted by molar-refractivity contribution is -0.146. The fraction of sp³-hybridized carbons (Fsp3) is 0.846. The molecule has 19 heavy (non-hydrogen) atoms. The molecule has 6 nitrogen and oxygen atoms in total. The highest BCUT2D eigenvalue weighted by Crippen LogP contribution is 2.08. The number of nitrogens with one attached hydrogen (secondary N) is 2. The first-order chi connectivity index (χ1) is 9.27. The van der Waals surface area contributed by atoms with Crippen LogP contribution in [0.25, 0.3) is 0 Å². The Kier molecular flexibility index (Phi) is 5.60. The summed E-state index contributed by atoms with van der Waals surface area (Å²) in [4.78, 5) is 27.6. The molecule has 2 saturated heterocycles. The summed E-state index contributed by atoms with van der Waals surface area (Å²) < 4.78 is 0. The minimum Gasteiger partial charge on any atom is -0.347 e. The molecule has 0 atom stereocenters. The summed E-state index contributed by atoms with van der Waals surface area (Å²) in [7, 11) is 0. The maximum Gasteiger partial charge on any atom is 0.311 e. The number of piperazine rings is 1. The van der Waals surface area contributed by atoms with Crippen LogP contribution in [0.15, 0.2) is 0 Å². The largest absolute Gasteiger partial charge is 0.347 e. The van der Waals surface area contributed by atoms with E-state index in [-0.39, 0.29) is 5.91 Å². The number of rotatable bonds is 3. The fourth-order valence-corrected chi connectivity index (χ4v) is 2.58. The van der Waals surface area contributed by atoms with Crippen molar-refractivity contribution in [2.24, 2.45) is 0 Å². The summed E-state index contributed by atoms with van der Waals surface area (Å²) in [5.74, 6) is -0.808. The smallest absolute Gasteiger partial charge is 0.311 e. The second-order valence-electron chi connectivity index (χ2n) is 5.20. The molecule has 108 valence electrons. The maximum atomic E-state index is 11.9. The van der Waals surface area contributed by atoms with Crippen molar-refractivity contribution >= 4 is 11.8 Å². The Balaban J connectivity index is 1.64. The Labute approximate surface area is 114 Å². The van der Waals surface area contributed by atoms with Crippen molar-refractivity contribution < 1.29 is 9.59 Å². The van der Waals surface area contributed by atoms with Crippen molar-refractivity contribution in [1.82, 2.24) is 20.4 Å². The van der Waals surface area contributed by atoms with Crippen LogP contribution in [0.1, 0.15) is 19.3 Å². The molecule has 2 amide bonds. The highest BCUT2D eigenvalue weighted by Gasteiger charge is 2.22. The van der Waals surface area contributed by atoms with E-state index in [1.54, 1.807) is 4.90 Å². The molecular formula is C13H24N4O2. The normalized spacial score (nSPS) is 21.2. The number of piperidine rings is 1. The zero-order chi connectivity index (χ0) is 13.5. The van der Waals surface area contributed by atoms with Crippen LogP contribution in [0, 0.1) is 0 Å². The lowest BCUT2D eigenvalue weighted by Crippen LogP contribution is -2.49. The minimum atomic E-state index is -0.447. The van der Waals surface area contributed by atoms with Crippen molar-refractivity contribution in [3.05, 3.63) is 0 Å². The van der Waals surface area contributed by atoms with Gasteiger partial charge < -0.3 is 15.5 Å². The van der Waals surface area contributed by atoms with Crippen LogP contribution < -0.4 is 10.6 Å². The molecule has 0 radical (unpaired) electrons. The molecule has 2 rings (SSSR count). The van der Waals surface area contributed by atoms with Crippen molar-refractivity contribution in [2.75, 3.05) is 52.4 Å². The van der Waals surface area contributed by atoms with Gasteiger partial charge in [-0.3, -0.25) is 14.5 Å². The average molecular weight is 268 g/mol. The van der Waals surface area contributed by atoms with Crippen LogP contribution in [0.3, 0.4) is 0 Å². The summed E-state index contributed by atoms with van der Waals surface area (Å²) in [5, 5.41) is 6.02. The van der Waals surface area contributed by atoms with Crippen LogP contribution in [0.2, 0.25) is 0 Å². The number of carbonyl (C=O) groups is 2. The van der Waals surface area contributed by atoms with Gasteiger partial charge in [-0.15, -0.1) is 0 Å². The Morgan fingerprint density at radius 3 is 2.37 bits per heavy atom. The number of amides is 2. The van der Waals surface area contributed by atoms with E-state index in [9.17, 15) is 9.59 Å². The lowest BCUT2D eigenvalue weighted by Gasteiger charge is -2.28. The summed E-state index contributed by atoms with van der Waals surface area (Å²) >= 11 is 0. The molecule has 6 heteroatoms. The molecule has 0 aromatic carbocycles. The molecule has 0 aromatic heterocycles. The molecule has 0 aromatic rings. The van der Waals surface area contributed by atoms with Crippen LogP contribution in [0.4, 0.5) is 0 Å². The SMILES string of the molecule is O=C(NCCN1CCNCC1)C(=O)N1CCCCC1. The summed E-state index contributed by atoms with van der Waals surface area (Å²) in [5.41, 5.74) is 0. The fourth-order valence-electron chi connectivity index (χ4n) is 2.58. The predicted octanol–water partition coefficient (Wildman–Crippen LogP) is -0.980. The molecule has 2 N–H and O–H groups in total. The topological polar surface area (TPSA) is 64.7 Å². The van der Waals surface area contributed by atoms with E-state index in [0.29, 0.717) is 6.54 Å². The van der Waals surface area contributed by atoms with Gasteiger partial charge in [-0.1, -0.05) is 0 Å². The van der Waals surface area contributed by atoms with Crippen molar-refractivity contribution in [3.63, 3.8) is 0 Å². The Bertz CT molecular complexity index is 310. The average Bonchev–Trinajstić information content (AvgIpc) is 2.48. The molecule has 2 heterocycles. The maximum absolute atomic E-state index is 11.9. The third-order valence-corrected chi connectivity index (χ3v) is 3.76. The second kappa shape index (κ2) is 7.45. The summed E-state index contributed by atoms with van der Waals surface area (Å²) in [6.07, 6.45) is 3.19. The summed E-state index contributed by atoms with van der Waals surface area (Å²) in [6.45, 7) is 6.85. The van der Waals surface area contributed by atoms with E-state index in [1.165, 1.54) is 0 Å². The van der Waals surface area contributed by atoms with Gasteiger partial charge in [-0.25, -0.2) is 0 Å².